The van der Waals surface area contributed by atoms with E-state index < -0.39 is 0 Å². The molecule has 2 aliphatic rings. The zero-order valence-corrected chi connectivity index (χ0v) is 14.8. The summed E-state index contributed by atoms with van der Waals surface area (Å²) in [6.07, 6.45) is 5.10. The molecule has 1 saturated carbocycles. The number of fused-ring (bicyclic) bond motifs is 1. The first-order chi connectivity index (χ1) is 12.7. The number of hydrogen-bond acceptors (Lipinski definition) is 5. The van der Waals surface area contributed by atoms with Crippen molar-refractivity contribution in [3.8, 4) is 11.6 Å². The van der Waals surface area contributed by atoms with Crippen LogP contribution >= 0.6 is 0 Å². The molecule has 2 N–H and O–H groups in total. The summed E-state index contributed by atoms with van der Waals surface area (Å²) in [5.41, 5.74) is 0. The number of rotatable bonds is 6. The molecule has 1 aromatic heterocycles. The number of pyridine rings is 1. The van der Waals surface area contributed by atoms with Crippen LogP contribution in [0.2, 0.25) is 0 Å². The summed E-state index contributed by atoms with van der Waals surface area (Å²) in [6.45, 7) is 4.39. The molecule has 2 heterocycles. The van der Waals surface area contributed by atoms with Gasteiger partial charge in [0.25, 0.3) is 0 Å². The standard InChI is InChI=1S/C20H23N3O3/c1-3-12-8-16(12)23-19(24)17-9-13(10-21-17)26-20-15-7-5-4-6-14(15)18(25-2)11-22-20/h3-7,11-13,16-17,21H,1,8-10H2,2H3,(H,23,24). The van der Waals surface area contributed by atoms with Crippen molar-refractivity contribution in [1.29, 1.82) is 0 Å². The van der Waals surface area contributed by atoms with Gasteiger partial charge < -0.3 is 20.1 Å². The van der Waals surface area contributed by atoms with Crippen molar-refractivity contribution in [2.75, 3.05) is 13.7 Å². The number of amides is 1. The molecule has 4 atom stereocenters. The molecule has 0 spiro atoms. The molecular weight excluding hydrogens is 330 g/mol. The second kappa shape index (κ2) is 6.96. The van der Waals surface area contributed by atoms with Crippen LogP contribution in [0.3, 0.4) is 0 Å². The van der Waals surface area contributed by atoms with E-state index in [1.807, 2.05) is 30.3 Å². The van der Waals surface area contributed by atoms with Gasteiger partial charge in [0, 0.05) is 29.8 Å². The molecule has 4 unspecified atom stereocenters. The number of methoxy groups -OCH3 is 1. The first-order valence-electron chi connectivity index (χ1n) is 8.94. The molecule has 1 aliphatic carbocycles. The van der Waals surface area contributed by atoms with Crippen LogP contribution in [0, 0.1) is 5.92 Å². The average molecular weight is 353 g/mol. The lowest BCUT2D eigenvalue weighted by atomic mass is 10.1. The number of nitrogens with one attached hydrogen (secondary N) is 2. The molecule has 6 nitrogen and oxygen atoms in total. The summed E-state index contributed by atoms with van der Waals surface area (Å²) in [7, 11) is 1.63. The van der Waals surface area contributed by atoms with Crippen molar-refractivity contribution >= 4 is 16.7 Å². The molecule has 1 amide bonds. The number of ether oxygens (including phenoxy) is 2. The Kier molecular flexibility index (Phi) is 4.51. The number of benzene rings is 1. The van der Waals surface area contributed by atoms with E-state index in [-0.39, 0.29) is 24.1 Å². The first-order valence-corrected chi connectivity index (χ1v) is 8.94. The Morgan fingerprint density at radius 1 is 1.35 bits per heavy atom. The van der Waals surface area contributed by atoms with Crippen molar-refractivity contribution in [2.45, 2.75) is 31.0 Å². The van der Waals surface area contributed by atoms with Crippen LogP contribution in [-0.2, 0) is 4.79 Å². The number of hydrogen-bond donors (Lipinski definition) is 2. The minimum Gasteiger partial charge on any atom is -0.494 e. The zero-order chi connectivity index (χ0) is 18.1. The van der Waals surface area contributed by atoms with Gasteiger partial charge in [-0.15, -0.1) is 6.58 Å². The van der Waals surface area contributed by atoms with Gasteiger partial charge in [-0.2, -0.15) is 0 Å². The maximum absolute atomic E-state index is 12.4. The van der Waals surface area contributed by atoms with Gasteiger partial charge in [-0.25, -0.2) is 4.98 Å². The highest BCUT2D eigenvalue weighted by Gasteiger charge is 2.39. The molecule has 0 bridgehead atoms. The number of carbonyl (C=O) groups is 1. The van der Waals surface area contributed by atoms with E-state index in [0.29, 0.717) is 24.8 Å². The zero-order valence-electron chi connectivity index (χ0n) is 14.8. The summed E-state index contributed by atoms with van der Waals surface area (Å²) in [5, 5.41) is 8.18. The van der Waals surface area contributed by atoms with E-state index >= 15 is 0 Å². The Morgan fingerprint density at radius 3 is 2.88 bits per heavy atom. The lowest BCUT2D eigenvalue weighted by Crippen LogP contribution is -2.41. The quantitative estimate of drug-likeness (QED) is 0.778. The minimum absolute atomic E-state index is 0.0398. The van der Waals surface area contributed by atoms with Crippen LogP contribution < -0.4 is 20.1 Å². The van der Waals surface area contributed by atoms with E-state index in [0.717, 1.165) is 22.9 Å². The molecule has 2 fully saturated rings. The van der Waals surface area contributed by atoms with E-state index in [2.05, 4.69) is 22.2 Å². The predicted molar refractivity (Wildman–Crippen MR) is 99.4 cm³/mol. The lowest BCUT2D eigenvalue weighted by Gasteiger charge is -2.15. The van der Waals surface area contributed by atoms with Crippen molar-refractivity contribution < 1.29 is 14.3 Å². The van der Waals surface area contributed by atoms with Gasteiger partial charge in [0.1, 0.15) is 11.9 Å². The topological polar surface area (TPSA) is 72.5 Å². The van der Waals surface area contributed by atoms with Crippen molar-refractivity contribution in [2.24, 2.45) is 5.92 Å². The maximum Gasteiger partial charge on any atom is 0.237 e. The van der Waals surface area contributed by atoms with Crippen LogP contribution in [-0.4, -0.2) is 42.7 Å². The van der Waals surface area contributed by atoms with E-state index in [1.54, 1.807) is 13.3 Å². The highest BCUT2D eigenvalue weighted by atomic mass is 16.5. The third kappa shape index (κ3) is 3.24. The third-order valence-corrected chi connectivity index (χ3v) is 5.10. The Bertz CT molecular complexity index is 838. The normalized spacial score (nSPS) is 27.1. The Labute approximate surface area is 152 Å². The van der Waals surface area contributed by atoms with Crippen LogP contribution in [0.4, 0.5) is 0 Å². The summed E-state index contributed by atoms with van der Waals surface area (Å²) >= 11 is 0. The van der Waals surface area contributed by atoms with Gasteiger partial charge in [0.15, 0.2) is 0 Å². The fraction of sp³-hybridized carbons (Fsp3) is 0.400. The fourth-order valence-corrected chi connectivity index (χ4v) is 3.47. The fourth-order valence-electron chi connectivity index (χ4n) is 3.47. The molecule has 1 aromatic carbocycles. The third-order valence-electron chi connectivity index (χ3n) is 5.10. The Morgan fingerprint density at radius 2 is 2.15 bits per heavy atom. The highest BCUT2D eigenvalue weighted by Crippen LogP contribution is 2.33. The van der Waals surface area contributed by atoms with E-state index in [9.17, 15) is 4.79 Å². The molecular formula is C20H23N3O3. The number of nitrogens with zero attached hydrogens (tertiary/aromatic N) is 1. The monoisotopic (exact) mass is 353 g/mol. The van der Waals surface area contributed by atoms with Crippen LogP contribution in [0.5, 0.6) is 11.6 Å². The minimum atomic E-state index is -0.226. The molecule has 1 saturated heterocycles. The van der Waals surface area contributed by atoms with Crippen LogP contribution in [0.25, 0.3) is 10.8 Å². The van der Waals surface area contributed by atoms with Gasteiger partial charge >= 0.3 is 0 Å². The van der Waals surface area contributed by atoms with E-state index in [4.69, 9.17) is 9.47 Å². The van der Waals surface area contributed by atoms with Gasteiger partial charge in [0.05, 0.1) is 19.3 Å². The molecule has 1 aliphatic heterocycles. The molecule has 26 heavy (non-hydrogen) atoms. The van der Waals surface area contributed by atoms with Crippen molar-refractivity contribution in [3.63, 3.8) is 0 Å². The molecule has 136 valence electrons. The second-order valence-corrected chi connectivity index (χ2v) is 6.86. The van der Waals surface area contributed by atoms with Crippen molar-refractivity contribution in [1.82, 2.24) is 15.6 Å². The largest absolute Gasteiger partial charge is 0.494 e. The van der Waals surface area contributed by atoms with Crippen molar-refractivity contribution in [3.05, 3.63) is 43.1 Å². The molecule has 6 heteroatoms. The van der Waals surface area contributed by atoms with Gasteiger partial charge in [0.2, 0.25) is 11.8 Å². The summed E-state index contributed by atoms with van der Waals surface area (Å²) < 4.78 is 11.5. The lowest BCUT2D eigenvalue weighted by molar-refractivity contribution is -0.123. The molecule has 2 aromatic rings. The van der Waals surface area contributed by atoms with E-state index in [1.165, 1.54) is 0 Å². The average Bonchev–Trinajstić information content (AvgIpc) is 3.25. The second-order valence-electron chi connectivity index (χ2n) is 6.86. The van der Waals surface area contributed by atoms with Gasteiger partial charge in [-0.05, 0) is 18.4 Å². The predicted octanol–water partition coefficient (Wildman–Crippen LogP) is 2.04. The van der Waals surface area contributed by atoms with Gasteiger partial charge in [-0.3, -0.25) is 4.79 Å². The number of aromatic nitrogens is 1. The summed E-state index contributed by atoms with van der Waals surface area (Å²) in [5.74, 6) is 1.75. The Balaban J connectivity index is 1.42. The Hall–Kier alpha value is -2.60. The van der Waals surface area contributed by atoms with Crippen LogP contribution in [0.15, 0.2) is 43.1 Å². The molecule has 4 rings (SSSR count). The smallest absolute Gasteiger partial charge is 0.237 e. The SMILES string of the molecule is C=CC1CC1NC(=O)C1CC(Oc2ncc(OC)c3ccccc23)CN1. The molecule has 0 radical (unpaired) electrons. The summed E-state index contributed by atoms with van der Waals surface area (Å²) in [4.78, 5) is 16.8. The number of carbonyl (C=O) groups excluding carboxylic acids is 1. The first kappa shape index (κ1) is 16.8. The van der Waals surface area contributed by atoms with Gasteiger partial charge in [-0.1, -0.05) is 24.3 Å². The van der Waals surface area contributed by atoms with Crippen LogP contribution in [0.1, 0.15) is 12.8 Å². The highest BCUT2D eigenvalue weighted by molar-refractivity contribution is 5.91. The maximum atomic E-state index is 12.4. The summed E-state index contributed by atoms with van der Waals surface area (Å²) in [6, 6.07) is 7.88.